The smallest absolute Gasteiger partial charge is 0.157 e. The second-order valence-electron chi connectivity index (χ2n) is 6.05. The minimum atomic E-state index is -0.0109. The molecule has 2 aliphatic heterocycles. The second kappa shape index (κ2) is 7.36. The van der Waals surface area contributed by atoms with Crippen LogP contribution in [0.25, 0.3) is 0 Å². The molecule has 2 saturated heterocycles. The Labute approximate surface area is 127 Å². The molecule has 2 N–H and O–H groups in total. The molecule has 2 aliphatic rings. The lowest BCUT2D eigenvalue weighted by molar-refractivity contribution is -0.0524. The minimum Gasteiger partial charge on any atom is -0.350 e. The summed E-state index contributed by atoms with van der Waals surface area (Å²) in [6, 6.07) is 11.6. The molecule has 1 aromatic carbocycles. The van der Waals surface area contributed by atoms with Gasteiger partial charge in [0, 0.05) is 31.6 Å². The van der Waals surface area contributed by atoms with E-state index in [-0.39, 0.29) is 6.29 Å². The lowest BCUT2D eigenvalue weighted by Gasteiger charge is -2.37. The second-order valence-corrected chi connectivity index (χ2v) is 6.05. The Morgan fingerprint density at radius 3 is 2.43 bits per heavy atom. The standard InChI is InChI=1S/C17H26N2O2/c18-15-8-10-19(11-9-15)16(14-4-2-1-3-5-14)6-7-17-20-12-13-21-17/h1-5,15-17H,6-13,18H2. The Morgan fingerprint density at radius 2 is 1.76 bits per heavy atom. The van der Waals surface area contributed by atoms with Gasteiger partial charge in [0.25, 0.3) is 0 Å². The minimum absolute atomic E-state index is 0.0109. The van der Waals surface area contributed by atoms with Gasteiger partial charge in [0.1, 0.15) is 0 Å². The molecular formula is C17H26N2O2. The topological polar surface area (TPSA) is 47.7 Å². The van der Waals surface area contributed by atoms with E-state index in [4.69, 9.17) is 15.2 Å². The highest BCUT2D eigenvalue weighted by molar-refractivity contribution is 5.19. The van der Waals surface area contributed by atoms with Crippen LogP contribution in [-0.2, 0) is 9.47 Å². The van der Waals surface area contributed by atoms with Crippen LogP contribution < -0.4 is 5.73 Å². The van der Waals surface area contributed by atoms with Gasteiger partial charge in [-0.2, -0.15) is 0 Å². The highest BCUT2D eigenvalue weighted by Crippen LogP contribution is 2.29. The van der Waals surface area contributed by atoms with Gasteiger partial charge in [-0.15, -0.1) is 0 Å². The number of hydrogen-bond acceptors (Lipinski definition) is 4. The normalized spacial score (nSPS) is 23.5. The summed E-state index contributed by atoms with van der Waals surface area (Å²) < 4.78 is 11.2. The van der Waals surface area contributed by atoms with Gasteiger partial charge in [0.05, 0.1) is 13.2 Å². The molecule has 1 atom stereocenters. The molecule has 0 amide bonds. The van der Waals surface area contributed by atoms with Crippen LogP contribution in [0.2, 0.25) is 0 Å². The van der Waals surface area contributed by atoms with Gasteiger partial charge in [-0.05, 0) is 24.8 Å². The first-order chi connectivity index (χ1) is 10.3. The Bertz CT molecular complexity index is 412. The van der Waals surface area contributed by atoms with E-state index in [2.05, 4.69) is 35.2 Å². The Morgan fingerprint density at radius 1 is 1.10 bits per heavy atom. The zero-order valence-electron chi connectivity index (χ0n) is 12.6. The summed E-state index contributed by atoms with van der Waals surface area (Å²) in [6.45, 7) is 3.65. The van der Waals surface area contributed by atoms with Crippen LogP contribution in [0.15, 0.2) is 30.3 Å². The van der Waals surface area contributed by atoms with E-state index in [0.717, 1.165) is 52.0 Å². The van der Waals surface area contributed by atoms with Crippen molar-refractivity contribution in [3.05, 3.63) is 35.9 Å². The highest BCUT2D eigenvalue weighted by Gasteiger charge is 2.26. The molecule has 1 unspecified atom stereocenters. The highest BCUT2D eigenvalue weighted by atomic mass is 16.7. The third-order valence-electron chi connectivity index (χ3n) is 4.57. The van der Waals surface area contributed by atoms with Gasteiger partial charge >= 0.3 is 0 Å². The van der Waals surface area contributed by atoms with Crippen molar-refractivity contribution < 1.29 is 9.47 Å². The van der Waals surface area contributed by atoms with E-state index in [1.165, 1.54) is 5.56 Å². The van der Waals surface area contributed by atoms with E-state index < -0.39 is 0 Å². The quantitative estimate of drug-likeness (QED) is 0.904. The molecule has 0 aromatic heterocycles. The van der Waals surface area contributed by atoms with Gasteiger partial charge in [-0.25, -0.2) is 0 Å². The van der Waals surface area contributed by atoms with Crippen molar-refractivity contribution in [2.24, 2.45) is 5.73 Å². The van der Waals surface area contributed by atoms with Crippen molar-refractivity contribution in [3.8, 4) is 0 Å². The van der Waals surface area contributed by atoms with Gasteiger partial charge in [-0.3, -0.25) is 4.90 Å². The molecule has 1 aromatic rings. The number of hydrogen-bond donors (Lipinski definition) is 1. The van der Waals surface area contributed by atoms with Crippen molar-refractivity contribution in [2.75, 3.05) is 26.3 Å². The zero-order valence-corrected chi connectivity index (χ0v) is 12.6. The van der Waals surface area contributed by atoms with Crippen molar-refractivity contribution >= 4 is 0 Å². The van der Waals surface area contributed by atoms with Crippen molar-refractivity contribution in [1.82, 2.24) is 4.90 Å². The summed E-state index contributed by atoms with van der Waals surface area (Å²) in [6.07, 6.45) is 4.22. The van der Waals surface area contributed by atoms with Crippen molar-refractivity contribution in [1.29, 1.82) is 0 Å². The maximum absolute atomic E-state index is 6.04. The molecule has 0 spiro atoms. The van der Waals surface area contributed by atoms with Gasteiger partial charge in [0.15, 0.2) is 6.29 Å². The number of ether oxygens (including phenoxy) is 2. The molecule has 21 heavy (non-hydrogen) atoms. The third kappa shape index (κ3) is 4.04. The Balaban J connectivity index is 1.65. The predicted molar refractivity (Wildman–Crippen MR) is 82.9 cm³/mol. The van der Waals surface area contributed by atoms with Crippen LogP contribution in [-0.4, -0.2) is 43.5 Å². The molecule has 116 valence electrons. The Hall–Kier alpha value is -0.940. The van der Waals surface area contributed by atoms with Crippen LogP contribution in [0.4, 0.5) is 0 Å². The largest absolute Gasteiger partial charge is 0.350 e. The molecule has 0 bridgehead atoms. The lowest BCUT2D eigenvalue weighted by atomic mass is 9.96. The summed E-state index contributed by atoms with van der Waals surface area (Å²) in [4.78, 5) is 2.58. The molecule has 4 heteroatoms. The number of benzene rings is 1. The van der Waals surface area contributed by atoms with E-state index in [1.54, 1.807) is 0 Å². The zero-order chi connectivity index (χ0) is 14.5. The fourth-order valence-electron chi connectivity index (χ4n) is 3.33. The van der Waals surface area contributed by atoms with Gasteiger partial charge < -0.3 is 15.2 Å². The maximum atomic E-state index is 6.04. The van der Waals surface area contributed by atoms with E-state index >= 15 is 0 Å². The first-order valence-corrected chi connectivity index (χ1v) is 8.11. The fraction of sp³-hybridized carbons (Fsp3) is 0.647. The average molecular weight is 290 g/mol. The van der Waals surface area contributed by atoms with Crippen LogP contribution in [0.1, 0.15) is 37.3 Å². The summed E-state index contributed by atoms with van der Waals surface area (Å²) in [5, 5.41) is 0. The summed E-state index contributed by atoms with van der Waals surface area (Å²) >= 11 is 0. The van der Waals surface area contributed by atoms with Crippen LogP contribution in [0.5, 0.6) is 0 Å². The molecule has 0 radical (unpaired) electrons. The third-order valence-corrected chi connectivity index (χ3v) is 4.57. The van der Waals surface area contributed by atoms with Gasteiger partial charge in [0.2, 0.25) is 0 Å². The Kier molecular flexibility index (Phi) is 5.25. The number of nitrogens with zero attached hydrogens (tertiary/aromatic N) is 1. The van der Waals surface area contributed by atoms with Crippen LogP contribution in [0.3, 0.4) is 0 Å². The summed E-state index contributed by atoms with van der Waals surface area (Å²) in [7, 11) is 0. The number of piperidine rings is 1. The number of nitrogens with two attached hydrogens (primary N) is 1. The van der Waals surface area contributed by atoms with Crippen molar-refractivity contribution in [2.45, 2.75) is 44.1 Å². The van der Waals surface area contributed by atoms with E-state index in [1.807, 2.05) is 0 Å². The molecule has 4 nitrogen and oxygen atoms in total. The first-order valence-electron chi connectivity index (χ1n) is 8.11. The number of likely N-dealkylation sites (tertiary alicyclic amines) is 1. The van der Waals surface area contributed by atoms with Crippen LogP contribution in [0, 0.1) is 0 Å². The van der Waals surface area contributed by atoms with Crippen molar-refractivity contribution in [3.63, 3.8) is 0 Å². The first kappa shape index (κ1) is 15.0. The maximum Gasteiger partial charge on any atom is 0.157 e. The fourth-order valence-corrected chi connectivity index (χ4v) is 3.33. The molecule has 0 aliphatic carbocycles. The SMILES string of the molecule is NC1CCN(C(CCC2OCCO2)c2ccccc2)CC1. The average Bonchev–Trinajstić information content (AvgIpc) is 3.04. The van der Waals surface area contributed by atoms with E-state index in [0.29, 0.717) is 12.1 Å². The van der Waals surface area contributed by atoms with Crippen LogP contribution >= 0.6 is 0 Å². The lowest BCUT2D eigenvalue weighted by Crippen LogP contribution is -2.41. The van der Waals surface area contributed by atoms with Gasteiger partial charge in [-0.1, -0.05) is 30.3 Å². The molecular weight excluding hydrogens is 264 g/mol. The molecule has 3 rings (SSSR count). The monoisotopic (exact) mass is 290 g/mol. The number of rotatable bonds is 5. The summed E-state index contributed by atoms with van der Waals surface area (Å²) in [5.74, 6) is 0. The predicted octanol–water partition coefficient (Wildman–Crippen LogP) is 2.30. The molecule has 2 heterocycles. The molecule has 0 saturated carbocycles. The summed E-state index contributed by atoms with van der Waals surface area (Å²) in [5.41, 5.74) is 7.44. The molecule has 2 fully saturated rings. The van der Waals surface area contributed by atoms with E-state index in [9.17, 15) is 0 Å².